The molecule has 0 heterocycles. The molecule has 0 aliphatic heterocycles. The quantitative estimate of drug-likeness (QED) is 0.0752. The van der Waals surface area contributed by atoms with E-state index in [1.165, 1.54) is 7.11 Å². The van der Waals surface area contributed by atoms with E-state index >= 15 is 0 Å². The number of amides is 1. The predicted octanol–water partition coefficient (Wildman–Crippen LogP) is 1.68. The molecule has 1 amide bonds. The summed E-state index contributed by atoms with van der Waals surface area (Å²) in [5.74, 6) is -0.290. The molecule has 0 bridgehead atoms. The lowest BCUT2D eigenvalue weighted by Crippen LogP contribution is -2.28. The number of methoxy groups -OCH3 is 1. The molecule has 0 fully saturated rings. The van der Waals surface area contributed by atoms with Crippen molar-refractivity contribution in [2.45, 2.75) is 13.0 Å². The molecular formula is C36H63NO16. The van der Waals surface area contributed by atoms with Gasteiger partial charge in [-0.1, -0.05) is 30.3 Å². The highest BCUT2D eigenvalue weighted by Gasteiger charge is 2.02. The van der Waals surface area contributed by atoms with Gasteiger partial charge in [0.05, 0.1) is 172 Å². The first-order chi connectivity index (χ1) is 26.2. The summed E-state index contributed by atoms with van der Waals surface area (Å²) in [6.07, 6.45) is -0.234. The van der Waals surface area contributed by atoms with Crippen LogP contribution in [0, 0.1) is 0 Å². The van der Waals surface area contributed by atoms with E-state index in [1.54, 1.807) is 0 Å². The molecule has 0 spiro atoms. The summed E-state index contributed by atoms with van der Waals surface area (Å²) >= 11 is 0. The fourth-order valence-corrected chi connectivity index (χ4v) is 3.78. The Balaban J connectivity index is 1.63. The summed E-state index contributed by atoms with van der Waals surface area (Å²) in [4.78, 5) is 22.6. The van der Waals surface area contributed by atoms with Crippen LogP contribution in [0.2, 0.25) is 0 Å². The van der Waals surface area contributed by atoms with Crippen molar-refractivity contribution in [1.29, 1.82) is 0 Å². The first-order valence-corrected chi connectivity index (χ1v) is 18.2. The highest BCUT2D eigenvalue weighted by atomic mass is 16.6. The highest BCUT2D eigenvalue weighted by Crippen LogP contribution is 2.00. The number of benzene rings is 1. The van der Waals surface area contributed by atoms with Crippen molar-refractivity contribution in [3.63, 3.8) is 0 Å². The standard InChI is InChI=1S/C36H63NO16/c1-40-35(38)7-9-41-11-13-43-15-17-45-19-21-47-23-25-49-27-29-51-31-32-52-30-28-50-26-24-48-22-20-46-18-16-44-14-12-42-10-8-37-36(39)53-33-34-5-3-2-4-6-34/h2-6H,7-33H2,1H3,(H,37,39). The van der Waals surface area contributed by atoms with Crippen molar-refractivity contribution in [2.24, 2.45) is 0 Å². The van der Waals surface area contributed by atoms with Crippen LogP contribution in [-0.4, -0.2) is 184 Å². The molecule has 53 heavy (non-hydrogen) atoms. The number of nitrogens with one attached hydrogen (secondary N) is 1. The van der Waals surface area contributed by atoms with Crippen molar-refractivity contribution in [1.82, 2.24) is 5.32 Å². The van der Waals surface area contributed by atoms with Gasteiger partial charge in [0.2, 0.25) is 0 Å². The third kappa shape index (κ3) is 37.6. The number of hydrogen-bond donors (Lipinski definition) is 1. The molecule has 0 unspecified atom stereocenters. The molecule has 1 N–H and O–H groups in total. The Kier molecular flexibility index (Phi) is 37.2. The maximum absolute atomic E-state index is 11.6. The third-order valence-corrected chi connectivity index (χ3v) is 6.50. The van der Waals surface area contributed by atoms with Gasteiger partial charge >= 0.3 is 12.1 Å². The van der Waals surface area contributed by atoms with E-state index in [-0.39, 0.29) is 19.0 Å². The summed E-state index contributed by atoms with van der Waals surface area (Å²) in [5.41, 5.74) is 0.934. The maximum atomic E-state index is 11.6. The molecule has 0 atom stereocenters. The van der Waals surface area contributed by atoms with Crippen LogP contribution in [0.5, 0.6) is 0 Å². The molecule has 1 aromatic carbocycles. The van der Waals surface area contributed by atoms with Crippen LogP contribution in [0.1, 0.15) is 12.0 Å². The first-order valence-electron chi connectivity index (χ1n) is 18.2. The SMILES string of the molecule is COC(=O)CCOCCOCCOCCOCCOCCOCCOCCOCCOCCOCCOCCOCCNC(=O)OCc1ccccc1. The largest absolute Gasteiger partial charge is 0.469 e. The second kappa shape index (κ2) is 40.7. The van der Waals surface area contributed by atoms with Gasteiger partial charge in [0.15, 0.2) is 0 Å². The van der Waals surface area contributed by atoms with E-state index in [9.17, 15) is 9.59 Å². The smallest absolute Gasteiger partial charge is 0.407 e. The van der Waals surface area contributed by atoms with E-state index in [4.69, 9.17) is 61.6 Å². The van der Waals surface area contributed by atoms with Crippen LogP contribution in [0.25, 0.3) is 0 Å². The maximum Gasteiger partial charge on any atom is 0.407 e. The average Bonchev–Trinajstić information content (AvgIpc) is 3.18. The first kappa shape index (κ1) is 48.5. The molecular weight excluding hydrogens is 702 g/mol. The van der Waals surface area contributed by atoms with Crippen molar-refractivity contribution < 1.29 is 75.9 Å². The molecule has 0 aliphatic carbocycles. The molecule has 0 aromatic heterocycles. The van der Waals surface area contributed by atoms with Gasteiger partial charge in [-0.25, -0.2) is 4.79 Å². The zero-order valence-corrected chi connectivity index (χ0v) is 31.5. The number of esters is 1. The summed E-state index contributed by atoms with van der Waals surface area (Å²) in [6.45, 7) is 11.6. The molecule has 0 aliphatic rings. The van der Waals surface area contributed by atoms with E-state index < -0.39 is 6.09 Å². The number of carbonyl (C=O) groups is 2. The van der Waals surface area contributed by atoms with E-state index in [0.717, 1.165) is 5.56 Å². The van der Waals surface area contributed by atoms with Crippen molar-refractivity contribution >= 4 is 12.1 Å². The monoisotopic (exact) mass is 765 g/mol. The molecule has 17 heteroatoms. The Bertz CT molecular complexity index is 917. The van der Waals surface area contributed by atoms with Crippen LogP contribution in [0.4, 0.5) is 4.79 Å². The number of carbonyl (C=O) groups excluding carboxylic acids is 2. The minimum Gasteiger partial charge on any atom is -0.469 e. The van der Waals surface area contributed by atoms with E-state index in [2.05, 4.69) is 10.1 Å². The number of ether oxygens (including phenoxy) is 14. The minimum atomic E-state index is -0.473. The lowest BCUT2D eigenvalue weighted by atomic mass is 10.2. The van der Waals surface area contributed by atoms with Gasteiger partial charge in [0.25, 0.3) is 0 Å². The minimum absolute atomic E-state index is 0.233. The van der Waals surface area contributed by atoms with Gasteiger partial charge in [0.1, 0.15) is 6.61 Å². The molecule has 0 saturated heterocycles. The summed E-state index contributed by atoms with van der Waals surface area (Å²) < 4.78 is 74.9. The van der Waals surface area contributed by atoms with Gasteiger partial charge in [-0.2, -0.15) is 0 Å². The summed E-state index contributed by atoms with van der Waals surface area (Å²) in [6, 6.07) is 9.49. The molecule has 17 nitrogen and oxygen atoms in total. The van der Waals surface area contributed by atoms with Gasteiger partial charge in [-0.05, 0) is 5.56 Å². The summed E-state index contributed by atoms with van der Waals surface area (Å²) in [5, 5.41) is 2.64. The average molecular weight is 766 g/mol. The molecule has 1 aromatic rings. The number of alkyl carbamates (subject to hydrolysis) is 1. The Morgan fingerprint density at radius 3 is 1.06 bits per heavy atom. The molecule has 0 radical (unpaired) electrons. The topological polar surface area (TPSA) is 175 Å². The lowest BCUT2D eigenvalue weighted by molar-refractivity contribution is -0.141. The van der Waals surface area contributed by atoms with E-state index in [0.29, 0.717) is 165 Å². The van der Waals surface area contributed by atoms with Crippen LogP contribution in [-0.2, 0) is 77.7 Å². The van der Waals surface area contributed by atoms with Gasteiger partial charge in [0, 0.05) is 6.54 Å². The van der Waals surface area contributed by atoms with Crippen molar-refractivity contribution in [2.75, 3.05) is 172 Å². The molecule has 1 rings (SSSR count). The Morgan fingerprint density at radius 2 is 0.736 bits per heavy atom. The molecule has 308 valence electrons. The Morgan fingerprint density at radius 1 is 0.434 bits per heavy atom. The fourth-order valence-electron chi connectivity index (χ4n) is 3.78. The highest BCUT2D eigenvalue weighted by molar-refractivity contribution is 5.69. The van der Waals surface area contributed by atoms with E-state index in [1.807, 2.05) is 30.3 Å². The number of rotatable bonds is 41. The van der Waals surface area contributed by atoms with Gasteiger partial charge in [-0.3, -0.25) is 4.79 Å². The van der Waals surface area contributed by atoms with Gasteiger partial charge in [-0.15, -0.1) is 0 Å². The Hall–Kier alpha value is -2.52. The van der Waals surface area contributed by atoms with Crippen molar-refractivity contribution in [3.8, 4) is 0 Å². The van der Waals surface area contributed by atoms with Crippen LogP contribution >= 0.6 is 0 Å². The summed E-state index contributed by atoms with van der Waals surface area (Å²) in [7, 11) is 1.35. The second-order valence-electron chi connectivity index (χ2n) is 10.7. The predicted molar refractivity (Wildman–Crippen MR) is 191 cm³/mol. The van der Waals surface area contributed by atoms with Gasteiger partial charge < -0.3 is 71.6 Å². The fraction of sp³-hybridized carbons (Fsp3) is 0.778. The zero-order valence-electron chi connectivity index (χ0n) is 31.5. The van der Waals surface area contributed by atoms with Crippen LogP contribution in [0.15, 0.2) is 30.3 Å². The van der Waals surface area contributed by atoms with Crippen LogP contribution in [0.3, 0.4) is 0 Å². The third-order valence-electron chi connectivity index (χ3n) is 6.50. The zero-order chi connectivity index (χ0) is 38.0. The lowest BCUT2D eigenvalue weighted by Gasteiger charge is -2.09. The van der Waals surface area contributed by atoms with Crippen LogP contribution < -0.4 is 5.32 Å². The normalized spacial score (nSPS) is 11.2. The van der Waals surface area contributed by atoms with Crippen molar-refractivity contribution in [3.05, 3.63) is 35.9 Å². The molecule has 0 saturated carbocycles. The number of hydrogen-bond acceptors (Lipinski definition) is 16. The second-order valence-corrected chi connectivity index (χ2v) is 10.7. The Labute approximate surface area is 314 Å².